The first-order valence-electron chi connectivity index (χ1n) is 14.4. The Kier molecular flexibility index (Phi) is 9.50. The summed E-state index contributed by atoms with van der Waals surface area (Å²) in [5, 5.41) is 18.8. The van der Waals surface area contributed by atoms with Crippen molar-refractivity contribution < 1.29 is 28.6 Å². The minimum absolute atomic E-state index is 0.0189. The Hall–Kier alpha value is -4.17. The van der Waals surface area contributed by atoms with E-state index in [0.29, 0.717) is 10.6 Å². The van der Waals surface area contributed by atoms with Gasteiger partial charge in [-0.3, -0.25) is 19.0 Å². The number of aryl methyl sites for hydroxylation is 1. The molecule has 0 unspecified atom stereocenters. The van der Waals surface area contributed by atoms with Crippen molar-refractivity contribution in [3.8, 4) is 10.8 Å². The fraction of sp³-hybridized carbons (Fsp3) is 0.484. The molecule has 1 N–H and O–H groups in total. The smallest absolute Gasteiger partial charge is 0.333 e. The average Bonchev–Trinajstić information content (AvgIpc) is 3.60. The number of rotatable bonds is 13. The SMILES string of the molecule is COc1ccc(F)cc1[C@H](Cn1c(=O)n(C(C)(C)C(=O)CC(C)C)c(=O)c2c(C)c(-n3nccn3)sc21)OCC(C)(C)C(=O)O. The van der Waals surface area contributed by atoms with Crippen LogP contribution in [0.2, 0.25) is 0 Å². The van der Waals surface area contributed by atoms with Crippen molar-refractivity contribution in [2.45, 2.75) is 73.1 Å². The van der Waals surface area contributed by atoms with Gasteiger partial charge in [-0.25, -0.2) is 13.8 Å². The summed E-state index contributed by atoms with van der Waals surface area (Å²) >= 11 is 1.10. The number of hydrogen-bond donors (Lipinski definition) is 1. The second-order valence-corrected chi connectivity index (χ2v) is 13.5. The number of carbonyl (C=O) groups is 2. The second-order valence-electron chi connectivity index (χ2n) is 12.5. The second kappa shape index (κ2) is 12.7. The van der Waals surface area contributed by atoms with E-state index in [1.165, 1.54) is 74.8 Å². The maximum absolute atomic E-state index is 14.6. The molecular formula is C31H38FN5O7S. The van der Waals surface area contributed by atoms with E-state index in [4.69, 9.17) is 9.47 Å². The number of ether oxygens (including phenoxy) is 2. The van der Waals surface area contributed by atoms with Crippen LogP contribution in [0, 0.1) is 24.1 Å². The maximum Gasteiger partial charge on any atom is 0.333 e. The summed E-state index contributed by atoms with van der Waals surface area (Å²) in [7, 11) is 1.40. The van der Waals surface area contributed by atoms with Crippen molar-refractivity contribution in [1.29, 1.82) is 0 Å². The van der Waals surface area contributed by atoms with Crippen molar-refractivity contribution in [3.05, 3.63) is 68.4 Å². The lowest BCUT2D eigenvalue weighted by molar-refractivity contribution is -0.152. The van der Waals surface area contributed by atoms with Crippen LogP contribution in [0.1, 0.15) is 65.2 Å². The molecule has 0 bridgehead atoms. The molecule has 1 atom stereocenters. The van der Waals surface area contributed by atoms with Crippen LogP contribution < -0.4 is 16.0 Å². The van der Waals surface area contributed by atoms with E-state index >= 15 is 0 Å². The number of methoxy groups -OCH3 is 1. The molecule has 0 saturated carbocycles. The molecule has 3 aromatic heterocycles. The number of ketones is 1. The van der Waals surface area contributed by atoms with Crippen molar-refractivity contribution in [2.24, 2.45) is 11.3 Å². The number of nitrogens with zero attached hydrogens (tertiary/aromatic N) is 5. The van der Waals surface area contributed by atoms with Gasteiger partial charge in [-0.05, 0) is 58.7 Å². The van der Waals surface area contributed by atoms with Crippen LogP contribution in [0.15, 0.2) is 40.2 Å². The summed E-state index contributed by atoms with van der Waals surface area (Å²) in [5.41, 5.74) is -3.55. The Balaban J connectivity index is 2.03. The lowest BCUT2D eigenvalue weighted by Gasteiger charge is -2.29. The van der Waals surface area contributed by atoms with Gasteiger partial charge in [0.25, 0.3) is 5.56 Å². The minimum atomic E-state index is -1.52. The Morgan fingerprint density at radius 1 is 1.11 bits per heavy atom. The molecule has 4 rings (SSSR count). The molecule has 0 aliphatic heterocycles. The molecular weight excluding hydrogens is 605 g/mol. The normalized spacial score (nSPS) is 13.0. The summed E-state index contributed by atoms with van der Waals surface area (Å²) in [6, 6.07) is 3.82. The third kappa shape index (κ3) is 6.47. The number of halogens is 1. The Morgan fingerprint density at radius 2 is 1.76 bits per heavy atom. The molecule has 3 heterocycles. The Labute approximate surface area is 263 Å². The van der Waals surface area contributed by atoms with E-state index in [2.05, 4.69) is 10.2 Å². The number of carbonyl (C=O) groups excluding carboxylic acids is 1. The number of carboxylic acid groups (broad SMARTS) is 1. The summed E-state index contributed by atoms with van der Waals surface area (Å²) < 4.78 is 28.5. The third-order valence-corrected chi connectivity index (χ3v) is 9.01. The average molecular weight is 644 g/mol. The number of aromatic nitrogens is 5. The van der Waals surface area contributed by atoms with Gasteiger partial charge in [-0.1, -0.05) is 25.2 Å². The van der Waals surface area contributed by atoms with Crippen molar-refractivity contribution in [1.82, 2.24) is 24.1 Å². The van der Waals surface area contributed by atoms with Gasteiger partial charge < -0.3 is 14.6 Å². The molecule has 0 amide bonds. The molecule has 12 nitrogen and oxygen atoms in total. The number of carboxylic acids is 1. The van der Waals surface area contributed by atoms with E-state index in [1.54, 1.807) is 6.92 Å². The first-order chi connectivity index (χ1) is 21.0. The summed E-state index contributed by atoms with van der Waals surface area (Å²) in [6.45, 7) is 10.9. The zero-order valence-electron chi connectivity index (χ0n) is 26.6. The van der Waals surface area contributed by atoms with Crippen LogP contribution in [-0.2, 0) is 26.4 Å². The lowest BCUT2D eigenvalue weighted by atomic mass is 9.91. The fourth-order valence-corrected chi connectivity index (χ4v) is 6.20. The van der Waals surface area contributed by atoms with Gasteiger partial charge in [0.15, 0.2) is 5.78 Å². The van der Waals surface area contributed by atoms with E-state index < -0.39 is 40.1 Å². The number of thiophene rings is 1. The van der Waals surface area contributed by atoms with E-state index in [1.807, 2.05) is 13.8 Å². The van der Waals surface area contributed by atoms with E-state index in [-0.39, 0.29) is 52.8 Å². The standard InChI is InChI=1S/C31H38FN5O7S/c1-17(2)13-23(38)31(6,7)36-25(39)24-18(3)26(37-33-11-12-34-37)45-27(24)35(29(36)42)15-22(44-16-30(4,5)28(40)41)20-14-19(32)9-10-21(20)43-8/h9-12,14,17,22H,13,15-16H2,1-8H3,(H,40,41)/t22-/m0/s1. The van der Waals surface area contributed by atoms with Crippen molar-refractivity contribution >= 4 is 33.3 Å². The molecule has 14 heteroatoms. The molecule has 0 aliphatic rings. The van der Waals surface area contributed by atoms with Gasteiger partial charge in [-0.15, -0.1) is 4.80 Å². The van der Waals surface area contributed by atoms with E-state index in [9.17, 15) is 28.7 Å². The van der Waals surface area contributed by atoms with Gasteiger partial charge in [0.2, 0.25) is 0 Å². The highest BCUT2D eigenvalue weighted by Gasteiger charge is 2.37. The van der Waals surface area contributed by atoms with Crippen LogP contribution in [0.25, 0.3) is 15.2 Å². The molecule has 4 aromatic rings. The molecule has 0 fully saturated rings. The van der Waals surface area contributed by atoms with E-state index in [0.717, 1.165) is 15.9 Å². The highest BCUT2D eigenvalue weighted by Crippen LogP contribution is 2.35. The monoisotopic (exact) mass is 643 g/mol. The molecule has 0 saturated heterocycles. The van der Waals surface area contributed by atoms with Gasteiger partial charge in [0.1, 0.15) is 33.0 Å². The zero-order valence-corrected chi connectivity index (χ0v) is 27.4. The Bertz CT molecular complexity index is 1850. The summed E-state index contributed by atoms with van der Waals surface area (Å²) in [5.74, 6) is -1.78. The minimum Gasteiger partial charge on any atom is -0.496 e. The quantitative estimate of drug-likeness (QED) is 0.223. The highest BCUT2D eigenvalue weighted by molar-refractivity contribution is 7.21. The highest BCUT2D eigenvalue weighted by atomic mass is 32.1. The van der Waals surface area contributed by atoms with Gasteiger partial charge in [-0.2, -0.15) is 10.2 Å². The third-order valence-electron chi connectivity index (χ3n) is 7.73. The van der Waals surface area contributed by atoms with Crippen LogP contribution in [0.3, 0.4) is 0 Å². The van der Waals surface area contributed by atoms with Gasteiger partial charge in [0, 0.05) is 17.5 Å². The van der Waals surface area contributed by atoms with Crippen LogP contribution in [0.4, 0.5) is 4.39 Å². The predicted molar refractivity (Wildman–Crippen MR) is 167 cm³/mol. The summed E-state index contributed by atoms with van der Waals surface area (Å²) in [6.07, 6.45) is 1.99. The molecule has 242 valence electrons. The topological polar surface area (TPSA) is 148 Å². The van der Waals surface area contributed by atoms with Crippen LogP contribution in [0.5, 0.6) is 5.75 Å². The van der Waals surface area contributed by atoms with Crippen LogP contribution >= 0.6 is 11.3 Å². The van der Waals surface area contributed by atoms with Gasteiger partial charge >= 0.3 is 11.7 Å². The largest absolute Gasteiger partial charge is 0.496 e. The number of benzene rings is 1. The number of aliphatic carboxylic acids is 1. The Morgan fingerprint density at radius 3 is 2.33 bits per heavy atom. The molecule has 45 heavy (non-hydrogen) atoms. The van der Waals surface area contributed by atoms with Crippen molar-refractivity contribution in [2.75, 3.05) is 13.7 Å². The fourth-order valence-electron chi connectivity index (χ4n) is 4.98. The molecule has 1 aromatic carbocycles. The molecule has 0 spiro atoms. The first-order valence-corrected chi connectivity index (χ1v) is 15.2. The molecule has 0 aliphatic carbocycles. The predicted octanol–water partition coefficient (Wildman–Crippen LogP) is 4.48. The van der Waals surface area contributed by atoms with Gasteiger partial charge in [0.05, 0.1) is 43.5 Å². The zero-order chi connectivity index (χ0) is 33.4. The van der Waals surface area contributed by atoms with Crippen molar-refractivity contribution in [3.63, 3.8) is 0 Å². The number of hydrogen-bond acceptors (Lipinski definition) is 9. The molecule has 0 radical (unpaired) electrons. The first kappa shape index (κ1) is 33.7. The number of Topliss-reactive ketones (excluding diaryl/α,β-unsaturated/α-hetero) is 1. The number of fused-ring (bicyclic) bond motifs is 1. The summed E-state index contributed by atoms with van der Waals surface area (Å²) in [4.78, 5) is 55.6. The van der Waals surface area contributed by atoms with Crippen LogP contribution in [-0.4, -0.2) is 54.7 Å². The maximum atomic E-state index is 14.6. The lowest BCUT2D eigenvalue weighted by Crippen LogP contribution is -2.53.